The Kier molecular flexibility index (Phi) is 13.3. The van der Waals surface area contributed by atoms with Gasteiger partial charge in [-0.3, -0.25) is 0 Å². The van der Waals surface area contributed by atoms with Crippen LogP contribution in [0.5, 0.6) is 0 Å². The molecule has 6 aromatic rings. The van der Waals surface area contributed by atoms with Gasteiger partial charge in [0.05, 0.1) is 30.0 Å². The number of ether oxygens (including phenoxy) is 1. The van der Waals surface area contributed by atoms with Gasteiger partial charge in [0, 0.05) is 121 Å². The Morgan fingerprint density at radius 2 is 1.19 bits per heavy atom. The third-order valence-corrected chi connectivity index (χ3v) is 15.6. The van der Waals surface area contributed by atoms with Crippen molar-refractivity contribution < 1.29 is 13.9 Å². The largest absolute Gasteiger partial charge is 0.378 e. The van der Waals surface area contributed by atoms with Crippen molar-refractivity contribution in [2.24, 2.45) is 0 Å². The Labute approximate surface area is 405 Å². The van der Waals surface area contributed by atoms with Crippen molar-refractivity contribution in [2.45, 2.75) is 94.9 Å². The molecular formula is C55H56Br2Cl2N4O+2. The molecule has 9 rings (SSSR count). The molecule has 3 atom stereocenters. The predicted molar refractivity (Wildman–Crippen MR) is 278 cm³/mol. The van der Waals surface area contributed by atoms with E-state index in [0.29, 0.717) is 19.1 Å². The normalized spacial score (nSPS) is 21.1. The first-order valence-electron chi connectivity index (χ1n) is 22.5. The summed E-state index contributed by atoms with van der Waals surface area (Å²) < 4.78 is 18.2. The van der Waals surface area contributed by atoms with Crippen molar-refractivity contribution in [1.82, 2.24) is 9.13 Å². The molecule has 4 aromatic carbocycles. The molecule has 3 unspecified atom stereocenters. The SMILES string of the molecule is COC(Cn1cc(/C=C/C2=[N+](C)c3ccccc3C2(C)C/C=C/Cl)c2cc(Br)ccc21)Cn1cc(/C=C/C2=[N+](C3CCCCC3)c3ccccc3C2(C)C/C=C/Cl)c2cc(Br)ccc21. The van der Waals surface area contributed by atoms with Crippen LogP contribution in [-0.4, -0.2) is 56.0 Å². The van der Waals surface area contributed by atoms with E-state index in [0.717, 1.165) is 27.4 Å². The zero-order valence-electron chi connectivity index (χ0n) is 37.1. The number of fused-ring (bicyclic) bond motifs is 4. The molecule has 0 bridgehead atoms. The van der Waals surface area contributed by atoms with E-state index in [-0.39, 0.29) is 16.9 Å². The van der Waals surface area contributed by atoms with E-state index in [4.69, 9.17) is 27.9 Å². The molecule has 1 fully saturated rings. The first kappa shape index (κ1) is 44.9. The topological polar surface area (TPSA) is 25.1 Å². The van der Waals surface area contributed by atoms with Crippen LogP contribution in [0.2, 0.25) is 0 Å². The van der Waals surface area contributed by atoms with Crippen LogP contribution in [0.15, 0.2) is 142 Å². The van der Waals surface area contributed by atoms with Gasteiger partial charge in [-0.15, -0.1) is 0 Å². The minimum Gasteiger partial charge on any atom is -0.378 e. The number of allylic oxidation sites excluding steroid dienone is 4. The maximum atomic E-state index is 6.35. The standard InChI is InChI=1S/C55H56Br2Cl2N4O/c1-54(28-12-30-58)46-16-8-10-18-50(46)60(3)52(54)26-20-38-34-61(48-24-22-40(56)32-44(38)48)36-43(64-4)37-62-35-39(45-33-41(57)23-25-49(45)62)21-27-53-55(2,29-13-31-59)47-17-9-11-19-51(47)63(53)42-14-6-5-7-15-42/h8-13,16-27,30-35,42-43H,5-7,14-15,28-29,36-37H2,1-4H3/q+2/b30-12+,31-13+. The first-order chi connectivity index (χ1) is 31.1. The molecule has 5 nitrogen and oxygen atoms in total. The number of rotatable bonds is 14. The highest BCUT2D eigenvalue weighted by Gasteiger charge is 2.49. The third kappa shape index (κ3) is 8.30. The van der Waals surface area contributed by atoms with Gasteiger partial charge >= 0.3 is 0 Å². The second-order valence-electron chi connectivity index (χ2n) is 18.1. The van der Waals surface area contributed by atoms with E-state index in [2.05, 4.69) is 205 Å². The molecule has 0 radical (unpaired) electrons. The lowest BCUT2D eigenvalue weighted by Crippen LogP contribution is -2.34. The van der Waals surface area contributed by atoms with E-state index >= 15 is 0 Å². The van der Waals surface area contributed by atoms with E-state index < -0.39 is 0 Å². The molecular weight excluding hydrogens is 963 g/mol. The molecule has 0 amide bonds. The van der Waals surface area contributed by atoms with Crippen molar-refractivity contribution in [3.8, 4) is 0 Å². The molecule has 4 heterocycles. The minimum absolute atomic E-state index is 0.103. The van der Waals surface area contributed by atoms with E-state index in [1.807, 2.05) is 7.11 Å². The highest BCUT2D eigenvalue weighted by molar-refractivity contribution is 9.10. The van der Waals surface area contributed by atoms with Gasteiger partial charge in [0.1, 0.15) is 7.05 Å². The van der Waals surface area contributed by atoms with Crippen LogP contribution < -0.4 is 0 Å². The van der Waals surface area contributed by atoms with Gasteiger partial charge in [0.2, 0.25) is 11.4 Å². The number of hydrogen-bond acceptors (Lipinski definition) is 1. The zero-order chi connectivity index (χ0) is 44.6. The predicted octanol–water partition coefficient (Wildman–Crippen LogP) is 15.2. The lowest BCUT2D eigenvalue weighted by atomic mass is 9.76. The summed E-state index contributed by atoms with van der Waals surface area (Å²) in [5.74, 6) is 0. The molecule has 1 saturated carbocycles. The van der Waals surface area contributed by atoms with Crippen LogP contribution in [0.4, 0.5) is 11.4 Å². The summed E-state index contributed by atoms with van der Waals surface area (Å²) in [7, 11) is 4.00. The summed E-state index contributed by atoms with van der Waals surface area (Å²) in [6.45, 7) is 6.08. The maximum absolute atomic E-state index is 6.35. The Hall–Kier alpha value is -4.24. The van der Waals surface area contributed by atoms with Gasteiger partial charge in [-0.05, 0) is 88.1 Å². The number of methoxy groups -OCH3 is 1. The van der Waals surface area contributed by atoms with Gasteiger partial charge < -0.3 is 13.9 Å². The molecule has 1 aliphatic carbocycles. The van der Waals surface area contributed by atoms with Crippen molar-refractivity contribution in [3.05, 3.63) is 164 Å². The van der Waals surface area contributed by atoms with Crippen molar-refractivity contribution >= 4 is 112 Å². The second-order valence-corrected chi connectivity index (χ2v) is 20.5. The van der Waals surface area contributed by atoms with E-state index in [9.17, 15) is 0 Å². The molecule has 64 heavy (non-hydrogen) atoms. The van der Waals surface area contributed by atoms with Crippen LogP contribution in [0.1, 0.15) is 81.0 Å². The van der Waals surface area contributed by atoms with Crippen LogP contribution in [0, 0.1) is 0 Å². The molecule has 3 aliphatic rings. The molecule has 0 N–H and O–H groups in total. The van der Waals surface area contributed by atoms with Gasteiger partial charge in [0.25, 0.3) is 0 Å². The van der Waals surface area contributed by atoms with Gasteiger partial charge in [0.15, 0.2) is 17.5 Å². The molecule has 0 saturated heterocycles. The maximum Gasteiger partial charge on any atom is 0.210 e. The van der Waals surface area contributed by atoms with Crippen LogP contribution in [-0.2, 0) is 28.7 Å². The fraction of sp³-hybridized carbons (Fsp3) is 0.309. The fourth-order valence-corrected chi connectivity index (χ4v) is 11.9. The summed E-state index contributed by atoms with van der Waals surface area (Å²) in [5.41, 5.74) is 15.4. The highest BCUT2D eigenvalue weighted by atomic mass is 79.9. The van der Waals surface area contributed by atoms with E-state index in [1.165, 1.54) is 93.4 Å². The third-order valence-electron chi connectivity index (χ3n) is 14.3. The minimum atomic E-state index is -0.215. The van der Waals surface area contributed by atoms with Gasteiger partial charge in [-0.1, -0.05) is 110 Å². The zero-order valence-corrected chi connectivity index (χ0v) is 41.8. The van der Waals surface area contributed by atoms with Gasteiger partial charge in [-0.2, -0.15) is 9.15 Å². The molecule has 2 aliphatic heterocycles. The van der Waals surface area contributed by atoms with Crippen LogP contribution >= 0.6 is 55.1 Å². The quantitative estimate of drug-likeness (QED) is 0.0998. The van der Waals surface area contributed by atoms with Crippen LogP contribution in [0.3, 0.4) is 0 Å². The lowest BCUT2D eigenvalue weighted by Gasteiger charge is -2.22. The monoisotopic (exact) mass is 1020 g/mol. The Morgan fingerprint density at radius 3 is 1.73 bits per heavy atom. The summed E-state index contributed by atoms with van der Waals surface area (Å²) >= 11 is 19.9. The Bertz CT molecular complexity index is 2930. The van der Waals surface area contributed by atoms with E-state index in [1.54, 1.807) is 11.1 Å². The Balaban J connectivity index is 1.05. The van der Waals surface area contributed by atoms with Crippen molar-refractivity contribution in [1.29, 1.82) is 0 Å². The lowest BCUT2D eigenvalue weighted by molar-refractivity contribution is -0.487. The number of hydrogen-bond donors (Lipinski definition) is 0. The van der Waals surface area contributed by atoms with Crippen molar-refractivity contribution in [3.63, 3.8) is 0 Å². The number of aromatic nitrogens is 2. The van der Waals surface area contributed by atoms with Crippen LogP contribution in [0.25, 0.3) is 34.0 Å². The molecule has 9 heteroatoms. The van der Waals surface area contributed by atoms with Gasteiger partial charge in [-0.25, -0.2) is 0 Å². The number of nitrogens with zero attached hydrogens (tertiary/aromatic N) is 4. The summed E-state index contributed by atoms with van der Waals surface area (Å²) in [6, 6.07) is 31.4. The summed E-state index contributed by atoms with van der Waals surface area (Å²) in [5, 5.41) is 2.39. The summed E-state index contributed by atoms with van der Waals surface area (Å²) in [4.78, 5) is 0. The number of para-hydroxylation sites is 2. The second kappa shape index (κ2) is 18.9. The fourth-order valence-electron chi connectivity index (χ4n) is 11.0. The smallest absolute Gasteiger partial charge is 0.210 e. The molecule has 2 aromatic heterocycles. The average molecular weight is 1020 g/mol. The first-order valence-corrected chi connectivity index (χ1v) is 25.0. The van der Waals surface area contributed by atoms with Crippen molar-refractivity contribution in [2.75, 3.05) is 14.2 Å². The number of benzene rings is 4. The summed E-state index contributed by atoms with van der Waals surface area (Å²) in [6.07, 6.45) is 25.9. The highest BCUT2D eigenvalue weighted by Crippen LogP contribution is 2.46. The number of halogens is 4. The Morgan fingerprint density at radius 1 is 0.688 bits per heavy atom. The molecule has 328 valence electrons. The molecule has 0 spiro atoms. The average Bonchev–Trinajstić information content (AvgIpc) is 3.97.